The summed E-state index contributed by atoms with van der Waals surface area (Å²) < 4.78 is 4.70. The lowest BCUT2D eigenvalue weighted by Crippen LogP contribution is -2.45. The number of ether oxygens (including phenoxy) is 1. The van der Waals surface area contributed by atoms with Gasteiger partial charge in [-0.05, 0) is 43.7 Å². The second-order valence-corrected chi connectivity index (χ2v) is 5.67. The van der Waals surface area contributed by atoms with Crippen LogP contribution in [-0.4, -0.2) is 35.3 Å². The molecule has 1 heterocycles. The lowest BCUT2D eigenvalue weighted by atomic mass is 9.77. The lowest BCUT2D eigenvalue weighted by Gasteiger charge is -2.39. The molecule has 0 aliphatic heterocycles. The molecule has 1 aliphatic rings. The molecule has 5 heteroatoms. The number of pyridine rings is 1. The largest absolute Gasteiger partial charge is 0.465 e. The van der Waals surface area contributed by atoms with E-state index in [1.54, 1.807) is 18.3 Å². The molecular weight excluding hydrogens is 256 g/mol. The van der Waals surface area contributed by atoms with Crippen molar-refractivity contribution in [2.75, 3.05) is 19.0 Å². The molecule has 20 heavy (non-hydrogen) atoms. The number of esters is 1. The highest BCUT2D eigenvalue weighted by Gasteiger charge is 2.33. The number of carbonyl (C=O) groups excluding carboxylic acids is 1. The lowest BCUT2D eigenvalue weighted by molar-refractivity contribution is 0.0600. The smallest absolute Gasteiger partial charge is 0.338 e. The van der Waals surface area contributed by atoms with Crippen molar-refractivity contribution in [1.82, 2.24) is 4.98 Å². The SMILES string of the molecule is COC(=O)c1ccnc(NC2(CO)CCC(C)CC2)c1. The zero-order chi connectivity index (χ0) is 14.6. The van der Waals surface area contributed by atoms with E-state index in [9.17, 15) is 9.90 Å². The number of rotatable bonds is 4. The molecule has 0 saturated heterocycles. The first-order valence-corrected chi connectivity index (χ1v) is 7.02. The molecule has 1 aromatic heterocycles. The molecule has 2 rings (SSSR count). The third-order valence-corrected chi connectivity index (χ3v) is 4.11. The van der Waals surface area contributed by atoms with Crippen molar-refractivity contribution in [1.29, 1.82) is 0 Å². The monoisotopic (exact) mass is 278 g/mol. The quantitative estimate of drug-likeness (QED) is 0.826. The summed E-state index contributed by atoms with van der Waals surface area (Å²) in [6.07, 6.45) is 5.57. The number of anilines is 1. The summed E-state index contributed by atoms with van der Waals surface area (Å²) in [5, 5.41) is 13.0. The van der Waals surface area contributed by atoms with Crippen LogP contribution in [0.4, 0.5) is 5.82 Å². The van der Waals surface area contributed by atoms with E-state index in [4.69, 9.17) is 4.74 Å². The van der Waals surface area contributed by atoms with E-state index in [0.717, 1.165) is 25.7 Å². The van der Waals surface area contributed by atoms with Gasteiger partial charge in [-0.2, -0.15) is 0 Å². The number of aliphatic hydroxyl groups excluding tert-OH is 1. The van der Waals surface area contributed by atoms with Crippen LogP contribution in [-0.2, 0) is 4.74 Å². The van der Waals surface area contributed by atoms with Crippen LogP contribution in [0.2, 0.25) is 0 Å². The standard InChI is InChI=1S/C15H22N2O3/c1-11-3-6-15(10-18,7-4-11)17-13-9-12(5-8-16-13)14(19)20-2/h5,8-9,11,18H,3-4,6-7,10H2,1-2H3,(H,16,17). The maximum atomic E-state index is 11.5. The fourth-order valence-electron chi connectivity index (χ4n) is 2.65. The van der Waals surface area contributed by atoms with Crippen LogP contribution in [0.5, 0.6) is 0 Å². The summed E-state index contributed by atoms with van der Waals surface area (Å²) in [4.78, 5) is 15.8. The predicted octanol–water partition coefficient (Wildman–Crippen LogP) is 2.22. The third-order valence-electron chi connectivity index (χ3n) is 4.11. The number of nitrogens with one attached hydrogen (secondary N) is 1. The number of aromatic nitrogens is 1. The highest BCUT2D eigenvalue weighted by molar-refractivity contribution is 5.90. The Morgan fingerprint density at radius 2 is 2.25 bits per heavy atom. The molecule has 1 aromatic rings. The Bertz CT molecular complexity index is 468. The molecule has 0 aromatic carbocycles. The molecule has 0 spiro atoms. The zero-order valence-corrected chi connectivity index (χ0v) is 12.1. The fraction of sp³-hybridized carbons (Fsp3) is 0.600. The predicted molar refractivity (Wildman–Crippen MR) is 76.6 cm³/mol. The molecule has 0 atom stereocenters. The van der Waals surface area contributed by atoms with Gasteiger partial charge in [-0.25, -0.2) is 9.78 Å². The van der Waals surface area contributed by atoms with Gasteiger partial charge < -0.3 is 15.2 Å². The van der Waals surface area contributed by atoms with Crippen molar-refractivity contribution >= 4 is 11.8 Å². The van der Waals surface area contributed by atoms with Gasteiger partial charge in [0.05, 0.1) is 24.8 Å². The first-order valence-electron chi connectivity index (χ1n) is 7.02. The first-order chi connectivity index (χ1) is 9.58. The number of methoxy groups -OCH3 is 1. The van der Waals surface area contributed by atoms with Crippen LogP contribution >= 0.6 is 0 Å². The highest BCUT2D eigenvalue weighted by Crippen LogP contribution is 2.34. The third kappa shape index (κ3) is 3.28. The normalized spacial score (nSPS) is 26.1. The van der Waals surface area contributed by atoms with Crippen LogP contribution in [0.25, 0.3) is 0 Å². The minimum atomic E-state index is -0.384. The van der Waals surface area contributed by atoms with Crippen molar-refractivity contribution in [3.05, 3.63) is 23.9 Å². The van der Waals surface area contributed by atoms with Gasteiger partial charge in [0.25, 0.3) is 0 Å². The van der Waals surface area contributed by atoms with E-state index >= 15 is 0 Å². The van der Waals surface area contributed by atoms with Crippen LogP contribution in [0.1, 0.15) is 43.0 Å². The van der Waals surface area contributed by atoms with Crippen LogP contribution < -0.4 is 5.32 Å². The minimum absolute atomic E-state index is 0.0733. The van der Waals surface area contributed by atoms with Crippen molar-refractivity contribution in [2.45, 2.75) is 38.1 Å². The van der Waals surface area contributed by atoms with Gasteiger partial charge >= 0.3 is 5.97 Å². The molecule has 110 valence electrons. The van der Waals surface area contributed by atoms with Crippen molar-refractivity contribution in [3.8, 4) is 0 Å². The first kappa shape index (κ1) is 14.8. The Morgan fingerprint density at radius 3 is 2.85 bits per heavy atom. The van der Waals surface area contributed by atoms with E-state index in [2.05, 4.69) is 17.2 Å². The maximum Gasteiger partial charge on any atom is 0.338 e. The average Bonchev–Trinajstić information content (AvgIpc) is 2.49. The van der Waals surface area contributed by atoms with Crippen LogP contribution in [0.15, 0.2) is 18.3 Å². The molecule has 2 N–H and O–H groups in total. The van der Waals surface area contributed by atoms with Gasteiger partial charge in [0, 0.05) is 6.20 Å². The second kappa shape index (κ2) is 6.22. The van der Waals surface area contributed by atoms with E-state index < -0.39 is 0 Å². The maximum absolute atomic E-state index is 11.5. The van der Waals surface area contributed by atoms with Crippen molar-refractivity contribution < 1.29 is 14.6 Å². The van der Waals surface area contributed by atoms with Gasteiger partial charge in [-0.15, -0.1) is 0 Å². The fourth-order valence-corrected chi connectivity index (χ4v) is 2.65. The summed E-state index contributed by atoms with van der Waals surface area (Å²) in [7, 11) is 1.35. The Labute approximate surface area is 119 Å². The van der Waals surface area contributed by atoms with Crippen LogP contribution in [0.3, 0.4) is 0 Å². The van der Waals surface area contributed by atoms with Gasteiger partial charge in [0.15, 0.2) is 0 Å². The molecule has 0 amide bonds. The van der Waals surface area contributed by atoms with E-state index in [-0.39, 0.29) is 18.1 Å². The van der Waals surface area contributed by atoms with Gasteiger partial charge in [0.2, 0.25) is 0 Å². The van der Waals surface area contributed by atoms with E-state index in [1.807, 2.05) is 0 Å². The van der Waals surface area contributed by atoms with E-state index in [0.29, 0.717) is 17.3 Å². The molecule has 0 bridgehead atoms. The van der Waals surface area contributed by atoms with E-state index in [1.165, 1.54) is 7.11 Å². The number of hydrogen-bond acceptors (Lipinski definition) is 5. The number of hydrogen-bond donors (Lipinski definition) is 2. The summed E-state index contributed by atoms with van der Waals surface area (Å²) in [6.45, 7) is 2.31. The average molecular weight is 278 g/mol. The zero-order valence-electron chi connectivity index (χ0n) is 12.1. The molecule has 5 nitrogen and oxygen atoms in total. The molecule has 0 unspecified atom stereocenters. The summed E-state index contributed by atoms with van der Waals surface area (Å²) in [5.41, 5.74) is 0.135. The summed E-state index contributed by atoms with van der Waals surface area (Å²) in [5.74, 6) is 0.924. The topological polar surface area (TPSA) is 71.5 Å². The Balaban J connectivity index is 2.13. The number of nitrogens with zero attached hydrogens (tertiary/aromatic N) is 1. The highest BCUT2D eigenvalue weighted by atomic mass is 16.5. The van der Waals surface area contributed by atoms with Crippen molar-refractivity contribution in [2.24, 2.45) is 5.92 Å². The minimum Gasteiger partial charge on any atom is -0.465 e. The molecule has 0 radical (unpaired) electrons. The van der Waals surface area contributed by atoms with Gasteiger partial charge in [-0.1, -0.05) is 6.92 Å². The van der Waals surface area contributed by atoms with Gasteiger partial charge in [-0.3, -0.25) is 0 Å². The Kier molecular flexibility index (Phi) is 4.60. The molecule has 1 aliphatic carbocycles. The molecule has 1 fully saturated rings. The molecule has 1 saturated carbocycles. The summed E-state index contributed by atoms with van der Waals surface area (Å²) in [6, 6.07) is 3.28. The molecular formula is C15H22N2O3. The Morgan fingerprint density at radius 1 is 1.55 bits per heavy atom. The number of carbonyl (C=O) groups is 1. The number of aliphatic hydroxyl groups is 1. The second-order valence-electron chi connectivity index (χ2n) is 5.67. The van der Waals surface area contributed by atoms with Crippen molar-refractivity contribution in [3.63, 3.8) is 0 Å². The summed E-state index contributed by atoms with van der Waals surface area (Å²) >= 11 is 0. The van der Waals surface area contributed by atoms with Crippen LogP contribution in [0, 0.1) is 5.92 Å². The van der Waals surface area contributed by atoms with Gasteiger partial charge in [0.1, 0.15) is 5.82 Å². The Hall–Kier alpha value is -1.62.